The van der Waals surface area contributed by atoms with Gasteiger partial charge in [-0.25, -0.2) is 9.18 Å². The lowest BCUT2D eigenvalue weighted by molar-refractivity contribution is 0.144. The van der Waals surface area contributed by atoms with Crippen molar-refractivity contribution in [2.75, 3.05) is 18.0 Å². The van der Waals surface area contributed by atoms with E-state index in [0.717, 1.165) is 31.5 Å². The van der Waals surface area contributed by atoms with E-state index in [1.807, 2.05) is 4.90 Å². The molecule has 2 aromatic heterocycles. The van der Waals surface area contributed by atoms with Gasteiger partial charge in [0, 0.05) is 24.0 Å². The standard InChI is InChI=1S/C22H20FN3O5S/c23-14-3-11-15-18(16(14)25-5-12-9-1-2-22(24,4-9)13(12)6-25)30-7-10-8-32-20(26(10)15)19(17(11)27)31-21(28)29/h3,8-9,12-13H,1-2,4-7,24H2,(H,28,29). The number of thiazole rings is 1. The van der Waals surface area contributed by atoms with Gasteiger partial charge in [-0.1, -0.05) is 0 Å². The number of nitrogens with two attached hydrogens (primary N) is 1. The highest BCUT2D eigenvalue weighted by Gasteiger charge is 2.59. The molecule has 3 N–H and O–H groups in total. The third kappa shape index (κ3) is 2.19. The zero-order valence-electron chi connectivity index (χ0n) is 17.0. The van der Waals surface area contributed by atoms with E-state index in [1.165, 1.54) is 17.4 Å². The number of ether oxygens (including phenoxy) is 2. The van der Waals surface area contributed by atoms with E-state index >= 15 is 4.39 Å². The smallest absolute Gasteiger partial charge is 0.483 e. The maximum absolute atomic E-state index is 15.6. The van der Waals surface area contributed by atoms with Crippen LogP contribution in [0.4, 0.5) is 14.9 Å². The van der Waals surface area contributed by atoms with Gasteiger partial charge < -0.3 is 25.2 Å². The highest BCUT2D eigenvalue weighted by molar-refractivity contribution is 7.16. The first-order valence-electron chi connectivity index (χ1n) is 10.7. The minimum absolute atomic E-state index is 0.0455. The van der Waals surface area contributed by atoms with Crippen molar-refractivity contribution in [2.45, 2.75) is 31.4 Å². The Bertz CT molecular complexity index is 1420. The fraction of sp³-hybridized carbons (Fsp3) is 0.455. The van der Waals surface area contributed by atoms with Crippen molar-refractivity contribution in [2.24, 2.45) is 23.5 Å². The Hall–Kier alpha value is -2.85. The Balaban J connectivity index is 1.45. The van der Waals surface area contributed by atoms with E-state index in [2.05, 4.69) is 0 Å². The van der Waals surface area contributed by atoms with Gasteiger partial charge in [-0.05, 0) is 43.1 Å². The molecule has 2 aliphatic heterocycles. The van der Waals surface area contributed by atoms with Crippen LogP contribution >= 0.6 is 11.3 Å². The summed E-state index contributed by atoms with van der Waals surface area (Å²) in [6.45, 7) is 1.59. The molecule has 1 aromatic carbocycles. The van der Waals surface area contributed by atoms with Crippen LogP contribution in [0.5, 0.6) is 11.5 Å². The molecule has 3 aromatic rings. The van der Waals surface area contributed by atoms with Gasteiger partial charge in [0.2, 0.25) is 11.2 Å². The maximum atomic E-state index is 15.6. The van der Waals surface area contributed by atoms with Crippen LogP contribution in [0.25, 0.3) is 15.7 Å². The number of hydrogen-bond donors (Lipinski definition) is 2. The molecule has 166 valence electrons. The summed E-state index contributed by atoms with van der Waals surface area (Å²) < 4.78 is 28.2. The van der Waals surface area contributed by atoms with Gasteiger partial charge in [0.25, 0.3) is 0 Å². The van der Waals surface area contributed by atoms with Crippen LogP contribution in [-0.4, -0.2) is 34.3 Å². The second kappa shape index (κ2) is 5.93. The molecule has 2 aliphatic carbocycles. The van der Waals surface area contributed by atoms with Gasteiger partial charge in [0.15, 0.2) is 11.6 Å². The Morgan fingerprint density at radius 2 is 2.25 bits per heavy atom. The van der Waals surface area contributed by atoms with Crippen molar-refractivity contribution in [3.05, 3.63) is 33.2 Å². The lowest BCUT2D eigenvalue weighted by Crippen LogP contribution is -2.45. The topological polar surface area (TPSA) is 106 Å². The normalized spacial score (nSPS) is 29.8. The van der Waals surface area contributed by atoms with Crippen molar-refractivity contribution in [3.8, 4) is 11.5 Å². The largest absolute Gasteiger partial charge is 0.511 e. The number of aromatic nitrogens is 1. The minimum atomic E-state index is -1.59. The number of carbonyl (C=O) groups is 1. The quantitative estimate of drug-likeness (QED) is 0.570. The average Bonchev–Trinajstić information content (AvgIpc) is 3.50. The molecule has 10 heteroatoms. The summed E-state index contributed by atoms with van der Waals surface area (Å²) in [6, 6.07) is 1.19. The SMILES string of the molecule is NC12CCC(C1)C1CN(c3c(F)cc4c(=O)c(OC(=O)O)c5scc6n5c4c3OC6)CC12. The van der Waals surface area contributed by atoms with E-state index in [0.29, 0.717) is 46.1 Å². The first kappa shape index (κ1) is 18.7. The van der Waals surface area contributed by atoms with E-state index in [4.69, 9.17) is 20.3 Å². The number of benzene rings is 1. The fourth-order valence-electron chi connectivity index (χ4n) is 6.78. The zero-order valence-corrected chi connectivity index (χ0v) is 17.8. The van der Waals surface area contributed by atoms with Crippen molar-refractivity contribution < 1.29 is 23.8 Å². The van der Waals surface area contributed by atoms with Crippen LogP contribution in [0.15, 0.2) is 16.2 Å². The van der Waals surface area contributed by atoms with Crippen LogP contribution in [0.2, 0.25) is 0 Å². The third-order valence-corrected chi connectivity index (χ3v) is 9.03. The molecule has 7 rings (SSSR count). The number of rotatable bonds is 2. The number of anilines is 1. The molecule has 4 unspecified atom stereocenters. The number of fused-ring (bicyclic) bond motifs is 5. The Morgan fingerprint density at radius 1 is 1.41 bits per heavy atom. The van der Waals surface area contributed by atoms with Crippen molar-refractivity contribution in [3.63, 3.8) is 0 Å². The summed E-state index contributed by atoms with van der Waals surface area (Å²) in [7, 11) is 0. The molecule has 2 saturated carbocycles. The Kier molecular flexibility index (Phi) is 3.47. The first-order chi connectivity index (χ1) is 15.4. The molecule has 32 heavy (non-hydrogen) atoms. The number of nitrogens with zero attached hydrogens (tertiary/aromatic N) is 2. The van der Waals surface area contributed by atoms with Crippen LogP contribution in [0.3, 0.4) is 0 Å². The van der Waals surface area contributed by atoms with Gasteiger partial charge in [-0.3, -0.25) is 9.20 Å². The first-order valence-corrected chi connectivity index (χ1v) is 11.6. The van der Waals surface area contributed by atoms with E-state index in [9.17, 15) is 9.59 Å². The number of hydrogen-bond acceptors (Lipinski definition) is 7. The minimum Gasteiger partial charge on any atom is -0.483 e. The molecule has 0 radical (unpaired) electrons. The molecular formula is C22H20FN3O5S. The highest BCUT2D eigenvalue weighted by atomic mass is 32.1. The zero-order chi connectivity index (χ0) is 21.9. The van der Waals surface area contributed by atoms with Crippen LogP contribution in [0.1, 0.15) is 25.0 Å². The van der Waals surface area contributed by atoms with Crippen molar-refractivity contribution in [1.29, 1.82) is 0 Å². The predicted octanol–water partition coefficient (Wildman–Crippen LogP) is 3.17. The van der Waals surface area contributed by atoms with E-state index in [-0.39, 0.29) is 23.3 Å². The summed E-state index contributed by atoms with van der Waals surface area (Å²) in [4.78, 5) is 26.7. The van der Waals surface area contributed by atoms with Crippen LogP contribution in [-0.2, 0) is 6.61 Å². The van der Waals surface area contributed by atoms with Crippen molar-refractivity contribution in [1.82, 2.24) is 4.40 Å². The molecule has 0 spiro atoms. The van der Waals surface area contributed by atoms with Gasteiger partial charge in [0.05, 0.1) is 11.1 Å². The van der Waals surface area contributed by atoms with Crippen LogP contribution in [0, 0.1) is 23.6 Å². The lowest BCUT2D eigenvalue weighted by atomic mass is 9.78. The van der Waals surface area contributed by atoms with E-state index in [1.54, 1.807) is 9.78 Å². The predicted molar refractivity (Wildman–Crippen MR) is 115 cm³/mol. The van der Waals surface area contributed by atoms with Gasteiger partial charge in [-0.2, -0.15) is 0 Å². The van der Waals surface area contributed by atoms with Gasteiger partial charge in [-0.15, -0.1) is 11.3 Å². The summed E-state index contributed by atoms with van der Waals surface area (Å²) >= 11 is 1.20. The fourth-order valence-corrected chi connectivity index (χ4v) is 7.76. The van der Waals surface area contributed by atoms with Gasteiger partial charge in [0.1, 0.15) is 22.6 Å². The molecule has 2 bridgehead atoms. The monoisotopic (exact) mass is 457 g/mol. The molecule has 3 fully saturated rings. The molecule has 4 aliphatic rings. The second-order valence-corrected chi connectivity index (χ2v) is 10.4. The molecule has 8 nitrogen and oxygen atoms in total. The maximum Gasteiger partial charge on any atom is 0.511 e. The molecule has 4 heterocycles. The van der Waals surface area contributed by atoms with Crippen LogP contribution < -0.4 is 25.5 Å². The number of halogens is 1. The van der Waals surface area contributed by atoms with E-state index < -0.39 is 17.4 Å². The summed E-state index contributed by atoms with van der Waals surface area (Å²) in [6.07, 6.45) is 1.63. The molecule has 1 saturated heterocycles. The number of pyridine rings is 1. The summed E-state index contributed by atoms with van der Waals surface area (Å²) in [5, 5.41) is 10.9. The molecule has 4 atom stereocenters. The number of carboxylic acid groups (broad SMARTS) is 1. The average molecular weight is 457 g/mol. The third-order valence-electron chi connectivity index (χ3n) is 8.05. The summed E-state index contributed by atoms with van der Waals surface area (Å²) in [5.41, 5.74) is 7.47. The molecular weight excluding hydrogens is 437 g/mol. The second-order valence-electron chi connectivity index (χ2n) is 9.53. The molecule has 0 amide bonds. The summed E-state index contributed by atoms with van der Waals surface area (Å²) in [5.74, 6) is 0.840. The highest BCUT2D eigenvalue weighted by Crippen LogP contribution is 2.58. The Labute approximate surface area is 184 Å². The van der Waals surface area contributed by atoms with Gasteiger partial charge >= 0.3 is 6.16 Å². The van der Waals surface area contributed by atoms with Crippen molar-refractivity contribution >= 4 is 38.9 Å². The Morgan fingerprint density at radius 3 is 3.03 bits per heavy atom. The lowest BCUT2D eigenvalue weighted by Gasteiger charge is -2.31.